The molecular weight excluding hydrogens is 272 g/mol. The van der Waals surface area contributed by atoms with Crippen LogP contribution in [0, 0.1) is 16.0 Å². The Morgan fingerprint density at radius 2 is 2.00 bits per heavy atom. The zero-order chi connectivity index (χ0) is 15.4. The number of nitro benzene ring substituents is 1. The van der Waals surface area contributed by atoms with Crippen molar-refractivity contribution in [1.29, 1.82) is 0 Å². The van der Waals surface area contributed by atoms with Crippen LogP contribution in [-0.4, -0.2) is 38.0 Å². The minimum absolute atomic E-state index is 0.00205. The van der Waals surface area contributed by atoms with E-state index in [-0.39, 0.29) is 22.4 Å². The maximum absolute atomic E-state index is 11.6. The second-order valence-electron chi connectivity index (χ2n) is 5.06. The van der Waals surface area contributed by atoms with Crippen LogP contribution in [0.3, 0.4) is 0 Å². The first-order valence-electron chi connectivity index (χ1n) is 7.00. The number of carbonyl (C=O) groups excluding carboxylic acids is 1. The smallest absolute Gasteiger partial charge is 0.315 e. The molecule has 0 saturated carbocycles. The van der Waals surface area contributed by atoms with Gasteiger partial charge in [-0.2, -0.15) is 0 Å². The summed E-state index contributed by atoms with van der Waals surface area (Å²) in [6.45, 7) is 1.29. The fourth-order valence-electron chi connectivity index (χ4n) is 2.77. The molecule has 114 valence electrons. The lowest BCUT2D eigenvalue weighted by Crippen LogP contribution is -2.39. The zero-order valence-electron chi connectivity index (χ0n) is 12.3. The average molecular weight is 292 g/mol. The molecule has 1 saturated heterocycles. The molecule has 7 heteroatoms. The van der Waals surface area contributed by atoms with Gasteiger partial charge in [-0.1, -0.05) is 6.07 Å². The molecule has 2 N–H and O–H groups in total. The van der Waals surface area contributed by atoms with E-state index in [0.29, 0.717) is 37.3 Å². The average Bonchev–Trinajstić information content (AvgIpc) is 2.53. The van der Waals surface area contributed by atoms with Crippen LogP contribution in [-0.2, 0) is 4.79 Å². The first-order chi connectivity index (χ1) is 10.1. The lowest BCUT2D eigenvalue weighted by Gasteiger charge is -2.32. The molecule has 0 aromatic heterocycles. The van der Waals surface area contributed by atoms with E-state index in [2.05, 4.69) is 10.6 Å². The summed E-state index contributed by atoms with van der Waals surface area (Å²) < 4.78 is 0. The Morgan fingerprint density at radius 1 is 1.33 bits per heavy atom. The highest BCUT2D eigenvalue weighted by atomic mass is 16.6. The third kappa shape index (κ3) is 3.07. The number of anilines is 2. The maximum Gasteiger partial charge on any atom is 0.315 e. The quantitative estimate of drug-likeness (QED) is 0.650. The van der Waals surface area contributed by atoms with Gasteiger partial charge >= 0.3 is 5.69 Å². The monoisotopic (exact) mass is 292 g/mol. The molecular formula is C14H20N4O3. The van der Waals surface area contributed by atoms with Gasteiger partial charge in [0.15, 0.2) is 0 Å². The Bertz CT molecular complexity index is 539. The second-order valence-corrected chi connectivity index (χ2v) is 5.06. The maximum atomic E-state index is 11.6. The van der Waals surface area contributed by atoms with E-state index in [1.807, 2.05) is 4.90 Å². The van der Waals surface area contributed by atoms with Crippen molar-refractivity contribution in [3.05, 3.63) is 28.3 Å². The number of nitro groups is 1. The molecule has 0 radical (unpaired) electrons. The number of hydrogen-bond donors (Lipinski definition) is 2. The van der Waals surface area contributed by atoms with E-state index in [0.717, 1.165) is 0 Å². The van der Waals surface area contributed by atoms with Crippen molar-refractivity contribution >= 4 is 23.0 Å². The minimum atomic E-state index is -0.355. The molecule has 0 bridgehead atoms. The van der Waals surface area contributed by atoms with Crippen LogP contribution in [0.15, 0.2) is 18.2 Å². The Morgan fingerprint density at radius 3 is 2.52 bits per heavy atom. The standard InChI is InChI=1S/C14H20N4O3/c1-15-11-4-3-5-12(13(11)18(20)21)17-8-6-10(7-9-17)14(19)16-2/h3-5,10,15H,6-9H2,1-2H3,(H,16,19). The fraction of sp³-hybridized carbons (Fsp3) is 0.500. The molecule has 0 unspecified atom stereocenters. The predicted octanol–water partition coefficient (Wildman–Crippen LogP) is 1.60. The number of piperidine rings is 1. The second kappa shape index (κ2) is 6.43. The van der Waals surface area contributed by atoms with Gasteiger partial charge in [0.1, 0.15) is 11.4 Å². The molecule has 1 aromatic rings. The summed E-state index contributed by atoms with van der Waals surface area (Å²) in [5, 5.41) is 16.9. The van der Waals surface area contributed by atoms with Crippen molar-refractivity contribution in [2.75, 3.05) is 37.4 Å². The van der Waals surface area contributed by atoms with Gasteiger partial charge in [0.2, 0.25) is 5.91 Å². The van der Waals surface area contributed by atoms with Crippen LogP contribution >= 0.6 is 0 Å². The molecule has 7 nitrogen and oxygen atoms in total. The molecule has 1 heterocycles. The third-order valence-corrected chi connectivity index (χ3v) is 3.92. The molecule has 0 atom stereocenters. The summed E-state index contributed by atoms with van der Waals surface area (Å²) >= 11 is 0. The van der Waals surface area contributed by atoms with Crippen LogP contribution in [0.1, 0.15) is 12.8 Å². The van der Waals surface area contributed by atoms with Crippen molar-refractivity contribution in [3.63, 3.8) is 0 Å². The number of amides is 1. The van der Waals surface area contributed by atoms with Gasteiger partial charge in [-0.15, -0.1) is 0 Å². The fourth-order valence-corrected chi connectivity index (χ4v) is 2.77. The third-order valence-electron chi connectivity index (χ3n) is 3.92. The summed E-state index contributed by atoms with van der Waals surface area (Å²) in [4.78, 5) is 24.6. The highest BCUT2D eigenvalue weighted by Crippen LogP contribution is 2.36. The molecule has 1 aliphatic heterocycles. The molecule has 0 spiro atoms. The number of nitrogens with one attached hydrogen (secondary N) is 2. The van der Waals surface area contributed by atoms with Gasteiger partial charge in [0.25, 0.3) is 0 Å². The predicted molar refractivity (Wildman–Crippen MR) is 81.6 cm³/mol. The summed E-state index contributed by atoms with van der Waals surface area (Å²) in [7, 11) is 3.31. The normalized spacial score (nSPS) is 15.6. The van der Waals surface area contributed by atoms with Crippen molar-refractivity contribution < 1.29 is 9.72 Å². The summed E-state index contributed by atoms with van der Waals surface area (Å²) in [5.41, 5.74) is 1.21. The first kappa shape index (κ1) is 15.1. The van der Waals surface area contributed by atoms with Crippen LogP contribution in [0.25, 0.3) is 0 Å². The largest absolute Gasteiger partial charge is 0.382 e. The molecule has 1 fully saturated rings. The number of hydrogen-bond acceptors (Lipinski definition) is 5. The summed E-state index contributed by atoms with van der Waals surface area (Å²) in [6.07, 6.45) is 1.42. The van der Waals surface area contributed by atoms with E-state index in [1.165, 1.54) is 0 Å². The highest BCUT2D eigenvalue weighted by Gasteiger charge is 2.29. The summed E-state index contributed by atoms with van der Waals surface area (Å²) in [5.74, 6) is 0.0471. The summed E-state index contributed by atoms with van der Waals surface area (Å²) in [6, 6.07) is 5.26. The van der Waals surface area contributed by atoms with Crippen molar-refractivity contribution in [2.45, 2.75) is 12.8 Å². The van der Waals surface area contributed by atoms with Gasteiger partial charge in [0.05, 0.1) is 4.92 Å². The number of benzene rings is 1. The van der Waals surface area contributed by atoms with Crippen molar-refractivity contribution in [1.82, 2.24) is 5.32 Å². The SMILES string of the molecule is CNC(=O)C1CCN(c2cccc(NC)c2[N+](=O)[O-])CC1. The van der Waals surface area contributed by atoms with Crippen LogP contribution in [0.5, 0.6) is 0 Å². The number of para-hydroxylation sites is 1. The lowest BCUT2D eigenvalue weighted by molar-refractivity contribution is -0.383. The van der Waals surface area contributed by atoms with Crippen molar-refractivity contribution in [3.8, 4) is 0 Å². The van der Waals surface area contributed by atoms with Gasteiger partial charge < -0.3 is 15.5 Å². The van der Waals surface area contributed by atoms with Gasteiger partial charge in [0, 0.05) is 33.1 Å². The molecule has 21 heavy (non-hydrogen) atoms. The Kier molecular flexibility index (Phi) is 4.62. The Hall–Kier alpha value is -2.31. The van der Waals surface area contributed by atoms with E-state index >= 15 is 0 Å². The molecule has 0 aliphatic carbocycles. The minimum Gasteiger partial charge on any atom is -0.382 e. The van der Waals surface area contributed by atoms with E-state index in [9.17, 15) is 14.9 Å². The number of rotatable bonds is 4. The van der Waals surface area contributed by atoms with E-state index in [1.54, 1.807) is 32.3 Å². The molecule has 1 amide bonds. The van der Waals surface area contributed by atoms with E-state index < -0.39 is 0 Å². The van der Waals surface area contributed by atoms with Gasteiger partial charge in [-0.05, 0) is 25.0 Å². The van der Waals surface area contributed by atoms with Gasteiger partial charge in [-0.3, -0.25) is 14.9 Å². The van der Waals surface area contributed by atoms with Crippen LogP contribution < -0.4 is 15.5 Å². The van der Waals surface area contributed by atoms with Crippen LogP contribution in [0.2, 0.25) is 0 Å². The molecule has 2 rings (SSSR count). The van der Waals surface area contributed by atoms with E-state index in [4.69, 9.17) is 0 Å². The lowest BCUT2D eigenvalue weighted by atomic mass is 9.95. The van der Waals surface area contributed by atoms with Crippen LogP contribution in [0.4, 0.5) is 17.1 Å². The molecule has 1 aromatic carbocycles. The Balaban J connectivity index is 2.21. The zero-order valence-corrected chi connectivity index (χ0v) is 12.3. The number of nitrogens with zero attached hydrogens (tertiary/aromatic N) is 2. The first-order valence-corrected chi connectivity index (χ1v) is 7.00. The number of carbonyl (C=O) groups is 1. The van der Waals surface area contributed by atoms with Crippen molar-refractivity contribution in [2.24, 2.45) is 5.92 Å². The topological polar surface area (TPSA) is 87.5 Å². The van der Waals surface area contributed by atoms with Gasteiger partial charge in [-0.25, -0.2) is 0 Å². The molecule has 1 aliphatic rings. The highest BCUT2D eigenvalue weighted by molar-refractivity contribution is 5.80. The Labute approximate surface area is 123 Å².